The summed E-state index contributed by atoms with van der Waals surface area (Å²) in [5.41, 5.74) is 0. The van der Waals surface area contributed by atoms with Gasteiger partial charge in [-0.15, -0.1) is 0 Å². The van der Waals surface area contributed by atoms with Crippen LogP contribution in [0.4, 0.5) is 4.79 Å². The first-order valence-electron chi connectivity index (χ1n) is 4.05. The maximum atomic E-state index is 10.9. The maximum Gasteiger partial charge on any atom is 0.407 e. The van der Waals surface area contributed by atoms with Crippen molar-refractivity contribution in [2.75, 3.05) is 11.9 Å². The minimum absolute atomic E-state index is 0.136. The number of hydrogen-bond donors (Lipinski definition) is 1. The van der Waals surface area contributed by atoms with Crippen LogP contribution in [0.15, 0.2) is 0 Å². The Balaban J connectivity index is 3.44. The highest BCUT2D eigenvalue weighted by Gasteiger charge is 2.06. The van der Waals surface area contributed by atoms with Crippen molar-refractivity contribution in [3.63, 3.8) is 0 Å². The molecule has 0 aromatic heterocycles. The van der Waals surface area contributed by atoms with E-state index in [4.69, 9.17) is 4.74 Å². The van der Waals surface area contributed by atoms with Crippen LogP contribution < -0.4 is 5.32 Å². The van der Waals surface area contributed by atoms with Crippen molar-refractivity contribution in [1.29, 1.82) is 0 Å². The maximum absolute atomic E-state index is 10.9. The molecule has 0 aliphatic carbocycles. The predicted octanol–water partition coefficient (Wildman–Crippen LogP) is 2.15. The van der Waals surface area contributed by atoms with Gasteiger partial charge in [-0.2, -0.15) is 0 Å². The first-order chi connectivity index (χ1) is 5.56. The zero-order valence-electron chi connectivity index (χ0n) is 7.76. The highest BCUT2D eigenvalue weighted by molar-refractivity contribution is 9.09. The van der Waals surface area contributed by atoms with Crippen molar-refractivity contribution in [2.24, 2.45) is 5.92 Å². The first kappa shape index (κ1) is 11.8. The van der Waals surface area contributed by atoms with Crippen LogP contribution in [0.3, 0.4) is 0 Å². The van der Waals surface area contributed by atoms with Crippen LogP contribution in [-0.4, -0.2) is 24.1 Å². The third-order valence-corrected chi connectivity index (χ3v) is 2.27. The average Bonchev–Trinajstić information content (AvgIpc) is 1.99. The van der Waals surface area contributed by atoms with Crippen molar-refractivity contribution >= 4 is 22.0 Å². The van der Waals surface area contributed by atoms with E-state index in [1.807, 2.05) is 20.8 Å². The SMILES string of the molecule is CC(CBr)COC(=O)NC(C)C. The molecule has 0 aliphatic heterocycles. The second-order valence-electron chi connectivity index (χ2n) is 3.16. The Labute approximate surface area is 82.0 Å². The third-order valence-electron chi connectivity index (χ3n) is 1.17. The molecule has 12 heavy (non-hydrogen) atoms. The van der Waals surface area contributed by atoms with Gasteiger partial charge in [0.05, 0.1) is 6.61 Å². The second-order valence-corrected chi connectivity index (χ2v) is 3.80. The summed E-state index contributed by atoms with van der Waals surface area (Å²) in [6.07, 6.45) is -0.335. The normalized spacial score (nSPS) is 12.8. The number of halogens is 1. The lowest BCUT2D eigenvalue weighted by molar-refractivity contribution is 0.131. The fourth-order valence-corrected chi connectivity index (χ4v) is 0.727. The summed E-state index contributed by atoms with van der Waals surface area (Å²) in [5, 5.41) is 3.49. The molecule has 1 atom stereocenters. The highest BCUT2D eigenvalue weighted by Crippen LogP contribution is 2.00. The summed E-state index contributed by atoms with van der Waals surface area (Å²) >= 11 is 3.30. The van der Waals surface area contributed by atoms with Crippen LogP contribution in [0.1, 0.15) is 20.8 Å². The topological polar surface area (TPSA) is 38.3 Å². The van der Waals surface area contributed by atoms with Crippen LogP contribution in [0, 0.1) is 5.92 Å². The van der Waals surface area contributed by atoms with Gasteiger partial charge in [-0.1, -0.05) is 22.9 Å². The Morgan fingerprint density at radius 2 is 2.08 bits per heavy atom. The molecule has 0 heterocycles. The summed E-state index contributed by atoms with van der Waals surface area (Å²) < 4.78 is 4.93. The molecule has 0 saturated carbocycles. The van der Waals surface area contributed by atoms with Gasteiger partial charge >= 0.3 is 6.09 Å². The number of nitrogens with one attached hydrogen (secondary N) is 1. The summed E-state index contributed by atoms with van der Waals surface area (Å²) in [6.45, 7) is 6.27. The second kappa shape index (κ2) is 6.29. The molecule has 1 N–H and O–H groups in total. The molecule has 0 aromatic rings. The summed E-state index contributed by atoms with van der Waals surface area (Å²) in [7, 11) is 0. The Kier molecular flexibility index (Phi) is 6.16. The minimum atomic E-state index is -0.335. The van der Waals surface area contributed by atoms with Gasteiger partial charge in [0.25, 0.3) is 0 Å². The van der Waals surface area contributed by atoms with E-state index in [2.05, 4.69) is 21.2 Å². The van der Waals surface area contributed by atoms with Crippen molar-refractivity contribution < 1.29 is 9.53 Å². The van der Waals surface area contributed by atoms with Crippen LogP contribution in [-0.2, 0) is 4.74 Å². The van der Waals surface area contributed by atoms with Gasteiger partial charge in [0, 0.05) is 17.3 Å². The number of carbonyl (C=O) groups is 1. The molecule has 0 fully saturated rings. The highest BCUT2D eigenvalue weighted by atomic mass is 79.9. The number of amides is 1. The van der Waals surface area contributed by atoms with E-state index in [0.29, 0.717) is 12.5 Å². The summed E-state index contributed by atoms with van der Waals surface area (Å²) in [6, 6.07) is 0.136. The van der Waals surface area contributed by atoms with Crippen molar-refractivity contribution in [1.82, 2.24) is 5.32 Å². The van der Waals surface area contributed by atoms with Gasteiger partial charge in [0.1, 0.15) is 0 Å². The number of ether oxygens (including phenoxy) is 1. The van der Waals surface area contributed by atoms with Crippen LogP contribution >= 0.6 is 15.9 Å². The van der Waals surface area contributed by atoms with E-state index >= 15 is 0 Å². The van der Waals surface area contributed by atoms with Gasteiger partial charge in [-0.25, -0.2) is 4.79 Å². The number of alkyl carbamates (subject to hydrolysis) is 1. The van der Waals surface area contributed by atoms with Crippen molar-refractivity contribution in [3.05, 3.63) is 0 Å². The lowest BCUT2D eigenvalue weighted by atomic mass is 10.2. The molecular formula is C8H16BrNO2. The van der Waals surface area contributed by atoms with Crippen molar-refractivity contribution in [2.45, 2.75) is 26.8 Å². The predicted molar refractivity (Wildman–Crippen MR) is 52.6 cm³/mol. The molecular weight excluding hydrogens is 222 g/mol. The monoisotopic (exact) mass is 237 g/mol. The minimum Gasteiger partial charge on any atom is -0.449 e. The number of hydrogen-bond acceptors (Lipinski definition) is 2. The van der Waals surface area contributed by atoms with Crippen LogP contribution in [0.5, 0.6) is 0 Å². The largest absolute Gasteiger partial charge is 0.449 e. The van der Waals surface area contributed by atoms with Gasteiger partial charge in [-0.05, 0) is 13.8 Å². The van der Waals surface area contributed by atoms with E-state index in [1.165, 1.54) is 0 Å². The molecule has 0 radical (unpaired) electrons. The fourth-order valence-electron chi connectivity index (χ4n) is 0.540. The number of carbonyl (C=O) groups excluding carboxylic acids is 1. The Morgan fingerprint density at radius 1 is 1.50 bits per heavy atom. The van der Waals surface area contributed by atoms with Gasteiger partial charge in [0.2, 0.25) is 0 Å². The van der Waals surface area contributed by atoms with Gasteiger partial charge < -0.3 is 10.1 Å². The lowest BCUT2D eigenvalue weighted by Gasteiger charge is -2.11. The molecule has 1 unspecified atom stereocenters. The molecule has 1 amide bonds. The molecule has 0 aliphatic rings. The Hall–Kier alpha value is -0.250. The van der Waals surface area contributed by atoms with E-state index in [9.17, 15) is 4.79 Å². The molecule has 0 spiro atoms. The van der Waals surface area contributed by atoms with Gasteiger partial charge in [-0.3, -0.25) is 0 Å². The molecule has 0 rings (SSSR count). The standard InChI is InChI=1S/C8H16BrNO2/c1-6(2)10-8(11)12-5-7(3)4-9/h6-7H,4-5H2,1-3H3,(H,10,11). The average molecular weight is 238 g/mol. The molecule has 4 heteroatoms. The van der Waals surface area contributed by atoms with Crippen LogP contribution in [0.2, 0.25) is 0 Å². The third kappa shape index (κ3) is 6.46. The zero-order valence-corrected chi connectivity index (χ0v) is 9.35. The smallest absolute Gasteiger partial charge is 0.407 e. The molecule has 3 nitrogen and oxygen atoms in total. The van der Waals surface area contributed by atoms with Crippen molar-refractivity contribution in [3.8, 4) is 0 Å². The quantitative estimate of drug-likeness (QED) is 0.762. The fraction of sp³-hybridized carbons (Fsp3) is 0.875. The molecule has 72 valence electrons. The molecule has 0 bridgehead atoms. The Bertz CT molecular complexity index is 139. The Morgan fingerprint density at radius 3 is 2.50 bits per heavy atom. The summed E-state index contributed by atoms with van der Waals surface area (Å²) in [5.74, 6) is 0.364. The van der Waals surface area contributed by atoms with Crippen LogP contribution in [0.25, 0.3) is 0 Å². The number of alkyl halides is 1. The number of rotatable bonds is 4. The van der Waals surface area contributed by atoms with E-state index in [1.54, 1.807) is 0 Å². The van der Waals surface area contributed by atoms with E-state index in [0.717, 1.165) is 5.33 Å². The van der Waals surface area contributed by atoms with E-state index < -0.39 is 0 Å². The first-order valence-corrected chi connectivity index (χ1v) is 5.17. The van der Waals surface area contributed by atoms with E-state index in [-0.39, 0.29) is 12.1 Å². The summed E-state index contributed by atoms with van der Waals surface area (Å²) in [4.78, 5) is 10.9. The van der Waals surface area contributed by atoms with Gasteiger partial charge in [0.15, 0.2) is 0 Å². The molecule has 0 saturated heterocycles. The zero-order chi connectivity index (χ0) is 9.56. The molecule has 0 aromatic carbocycles. The lowest BCUT2D eigenvalue weighted by Crippen LogP contribution is -2.31.